The van der Waals surface area contributed by atoms with E-state index >= 15 is 0 Å². The van der Waals surface area contributed by atoms with Crippen LogP contribution in [0.5, 0.6) is 5.75 Å². The van der Waals surface area contributed by atoms with Crippen molar-refractivity contribution < 1.29 is 14.3 Å². The second-order valence-electron chi connectivity index (χ2n) is 5.44. The van der Waals surface area contributed by atoms with Gasteiger partial charge < -0.3 is 10.1 Å². The molecule has 4 nitrogen and oxygen atoms in total. The van der Waals surface area contributed by atoms with E-state index in [-0.39, 0.29) is 11.7 Å². The average Bonchev–Trinajstić information content (AvgIpc) is 2.56. The minimum atomic E-state index is -0.239. The fourth-order valence-corrected chi connectivity index (χ4v) is 2.60. The van der Waals surface area contributed by atoms with Gasteiger partial charge in [-0.3, -0.25) is 9.59 Å². The molecule has 0 bridgehead atoms. The van der Waals surface area contributed by atoms with Gasteiger partial charge in [-0.15, -0.1) is 0 Å². The molecule has 1 amide bonds. The van der Waals surface area contributed by atoms with Crippen LogP contribution in [-0.2, 0) is 0 Å². The Kier molecular flexibility index (Phi) is 6.55. The van der Waals surface area contributed by atoms with Crippen molar-refractivity contribution in [3.05, 3.63) is 58.1 Å². The minimum absolute atomic E-state index is 0.0394. The number of halogens is 1. The van der Waals surface area contributed by atoms with Gasteiger partial charge in [-0.2, -0.15) is 0 Å². The number of carbonyl (C=O) groups excluding carboxylic acids is 2. The number of ketones is 1. The van der Waals surface area contributed by atoms with E-state index in [1.165, 1.54) is 6.92 Å². The van der Waals surface area contributed by atoms with Crippen molar-refractivity contribution >= 4 is 33.3 Å². The summed E-state index contributed by atoms with van der Waals surface area (Å²) in [5.41, 5.74) is 1.67. The number of nitrogens with one attached hydrogen (secondary N) is 1. The topological polar surface area (TPSA) is 55.4 Å². The van der Waals surface area contributed by atoms with Gasteiger partial charge in [-0.1, -0.05) is 25.5 Å². The summed E-state index contributed by atoms with van der Waals surface area (Å²) in [5.74, 6) is 0.442. The van der Waals surface area contributed by atoms with E-state index < -0.39 is 0 Å². The van der Waals surface area contributed by atoms with E-state index in [4.69, 9.17) is 4.74 Å². The smallest absolute Gasteiger partial charge is 0.255 e. The maximum Gasteiger partial charge on any atom is 0.255 e. The van der Waals surface area contributed by atoms with Gasteiger partial charge in [0.1, 0.15) is 5.75 Å². The molecule has 0 fully saturated rings. The molecule has 0 saturated carbocycles. The molecule has 0 unspecified atom stereocenters. The Labute approximate surface area is 150 Å². The van der Waals surface area contributed by atoms with Gasteiger partial charge in [0.25, 0.3) is 5.91 Å². The number of anilines is 1. The molecule has 0 aromatic heterocycles. The number of amides is 1. The third kappa shape index (κ3) is 4.93. The highest BCUT2D eigenvalue weighted by molar-refractivity contribution is 9.10. The molecule has 0 aliphatic rings. The van der Waals surface area contributed by atoms with Crippen molar-refractivity contribution in [2.75, 3.05) is 11.9 Å². The molecule has 0 aliphatic carbocycles. The zero-order valence-corrected chi connectivity index (χ0v) is 15.4. The number of hydrogen-bond donors (Lipinski definition) is 1. The molecule has 0 atom stereocenters. The zero-order chi connectivity index (χ0) is 17.5. The molecule has 0 radical (unpaired) electrons. The molecule has 0 spiro atoms. The molecule has 1 N–H and O–H groups in total. The van der Waals surface area contributed by atoms with Crippen LogP contribution in [0, 0.1) is 0 Å². The maximum atomic E-state index is 12.4. The molecule has 0 saturated heterocycles. The Morgan fingerprint density at radius 2 is 1.92 bits per heavy atom. The van der Waals surface area contributed by atoms with E-state index in [2.05, 4.69) is 28.2 Å². The van der Waals surface area contributed by atoms with E-state index in [1.807, 2.05) is 0 Å². The van der Waals surface area contributed by atoms with Crippen LogP contribution in [0.2, 0.25) is 0 Å². The summed E-state index contributed by atoms with van der Waals surface area (Å²) in [5, 5.41) is 2.80. The predicted octanol–water partition coefficient (Wildman–Crippen LogP) is 5.08. The van der Waals surface area contributed by atoms with E-state index in [9.17, 15) is 9.59 Å². The third-order valence-electron chi connectivity index (χ3n) is 3.48. The lowest BCUT2D eigenvalue weighted by Crippen LogP contribution is -2.12. The van der Waals surface area contributed by atoms with Crippen LogP contribution in [0.25, 0.3) is 0 Å². The Balaban J connectivity index is 2.08. The van der Waals surface area contributed by atoms with Crippen LogP contribution in [-0.4, -0.2) is 18.3 Å². The molecular formula is C19H20BrNO3. The highest BCUT2D eigenvalue weighted by atomic mass is 79.9. The summed E-state index contributed by atoms with van der Waals surface area (Å²) in [6.07, 6.45) is 2.05. The third-order valence-corrected chi connectivity index (χ3v) is 4.10. The van der Waals surface area contributed by atoms with Gasteiger partial charge in [0, 0.05) is 16.8 Å². The summed E-state index contributed by atoms with van der Waals surface area (Å²) in [4.78, 5) is 23.8. The Bertz CT molecular complexity index is 743. The van der Waals surface area contributed by atoms with Gasteiger partial charge in [0.15, 0.2) is 5.78 Å². The van der Waals surface area contributed by atoms with Gasteiger partial charge in [0.2, 0.25) is 0 Å². The van der Waals surface area contributed by atoms with Crippen molar-refractivity contribution in [3.63, 3.8) is 0 Å². The van der Waals surface area contributed by atoms with Crippen LogP contribution in [0.4, 0.5) is 5.69 Å². The van der Waals surface area contributed by atoms with E-state index in [0.717, 1.165) is 23.1 Å². The van der Waals surface area contributed by atoms with E-state index in [0.29, 0.717) is 23.4 Å². The fourth-order valence-electron chi connectivity index (χ4n) is 2.10. The largest absolute Gasteiger partial charge is 0.492 e. The van der Waals surface area contributed by atoms with Crippen LogP contribution in [0.3, 0.4) is 0 Å². The second-order valence-corrected chi connectivity index (χ2v) is 6.29. The number of carbonyl (C=O) groups is 2. The number of ether oxygens (including phenoxy) is 1. The number of unbranched alkanes of at least 4 members (excludes halogenated alkanes) is 1. The molecular weight excluding hydrogens is 370 g/mol. The average molecular weight is 390 g/mol. The van der Waals surface area contributed by atoms with Crippen molar-refractivity contribution in [1.82, 2.24) is 0 Å². The molecule has 0 aliphatic heterocycles. The monoisotopic (exact) mass is 389 g/mol. The molecule has 0 heterocycles. The molecule has 126 valence electrons. The summed E-state index contributed by atoms with van der Waals surface area (Å²) < 4.78 is 6.40. The van der Waals surface area contributed by atoms with Gasteiger partial charge in [-0.25, -0.2) is 0 Å². The summed E-state index contributed by atoms with van der Waals surface area (Å²) in [6, 6.07) is 12.1. The molecule has 24 heavy (non-hydrogen) atoms. The first-order chi connectivity index (χ1) is 11.5. The number of benzene rings is 2. The summed E-state index contributed by atoms with van der Waals surface area (Å²) in [6.45, 7) is 4.25. The quantitative estimate of drug-likeness (QED) is 0.530. The first-order valence-electron chi connectivity index (χ1n) is 7.86. The Hall–Kier alpha value is -2.14. The lowest BCUT2D eigenvalue weighted by molar-refractivity contribution is 0.101. The van der Waals surface area contributed by atoms with E-state index in [1.54, 1.807) is 42.5 Å². The highest BCUT2D eigenvalue weighted by Gasteiger charge is 2.10. The first-order valence-corrected chi connectivity index (χ1v) is 8.65. The standard InChI is InChI=1S/C19H20BrNO3/c1-3-4-10-24-18-9-8-15(12-17(18)20)19(23)21-16-7-5-6-14(11-16)13(2)22/h5-9,11-12H,3-4,10H2,1-2H3,(H,21,23). The minimum Gasteiger partial charge on any atom is -0.492 e. The lowest BCUT2D eigenvalue weighted by atomic mass is 10.1. The van der Waals surface area contributed by atoms with Gasteiger partial charge in [0.05, 0.1) is 11.1 Å². The second kappa shape index (κ2) is 8.64. The van der Waals surface area contributed by atoms with Gasteiger partial charge >= 0.3 is 0 Å². The fraction of sp³-hybridized carbons (Fsp3) is 0.263. The summed E-state index contributed by atoms with van der Waals surface area (Å²) >= 11 is 3.43. The first kappa shape index (κ1) is 18.2. The molecule has 5 heteroatoms. The van der Waals surface area contributed by atoms with Crippen LogP contribution >= 0.6 is 15.9 Å². The Morgan fingerprint density at radius 1 is 1.12 bits per heavy atom. The maximum absolute atomic E-state index is 12.4. The van der Waals surface area contributed by atoms with Crippen molar-refractivity contribution in [1.29, 1.82) is 0 Å². The lowest BCUT2D eigenvalue weighted by Gasteiger charge is -2.10. The highest BCUT2D eigenvalue weighted by Crippen LogP contribution is 2.26. The van der Waals surface area contributed by atoms with Crippen molar-refractivity contribution in [2.45, 2.75) is 26.7 Å². The SMILES string of the molecule is CCCCOc1ccc(C(=O)Nc2cccc(C(C)=O)c2)cc1Br. The van der Waals surface area contributed by atoms with Crippen LogP contribution in [0.15, 0.2) is 46.9 Å². The predicted molar refractivity (Wildman–Crippen MR) is 98.9 cm³/mol. The van der Waals surface area contributed by atoms with Gasteiger partial charge in [-0.05, 0) is 59.6 Å². The normalized spacial score (nSPS) is 10.3. The number of rotatable bonds is 7. The number of hydrogen-bond acceptors (Lipinski definition) is 3. The van der Waals surface area contributed by atoms with Crippen molar-refractivity contribution in [2.24, 2.45) is 0 Å². The molecule has 2 aromatic rings. The number of Topliss-reactive ketones (excluding diaryl/α,β-unsaturated/α-hetero) is 1. The molecule has 2 aromatic carbocycles. The van der Waals surface area contributed by atoms with Crippen LogP contribution in [0.1, 0.15) is 47.4 Å². The molecule has 2 rings (SSSR count). The van der Waals surface area contributed by atoms with Crippen LogP contribution < -0.4 is 10.1 Å². The Morgan fingerprint density at radius 3 is 2.58 bits per heavy atom. The van der Waals surface area contributed by atoms with Crippen molar-refractivity contribution in [3.8, 4) is 5.75 Å². The zero-order valence-electron chi connectivity index (χ0n) is 13.8. The summed E-state index contributed by atoms with van der Waals surface area (Å²) in [7, 11) is 0.